The number of nitrogens with one attached hydrogen (secondary N) is 1. The Hall–Kier alpha value is -4.34. The van der Waals surface area contributed by atoms with Crippen LogP contribution in [-0.4, -0.2) is 87.6 Å². The number of alkyl halides is 6. The van der Waals surface area contributed by atoms with Gasteiger partial charge in [-0.3, -0.25) is 14.6 Å². The molecule has 0 saturated carbocycles. The summed E-state index contributed by atoms with van der Waals surface area (Å²) in [7, 11) is 2.08. The maximum Gasteiger partial charge on any atom is 0.418 e. The number of carbonyl (C=O) groups is 2. The van der Waals surface area contributed by atoms with E-state index in [1.54, 1.807) is 4.90 Å². The summed E-state index contributed by atoms with van der Waals surface area (Å²) < 4.78 is 84.8. The van der Waals surface area contributed by atoms with Crippen LogP contribution >= 0.6 is 0 Å². The average Bonchev–Trinajstić information content (AvgIpc) is 3.53. The van der Waals surface area contributed by atoms with E-state index in [0.717, 1.165) is 44.3 Å². The summed E-state index contributed by atoms with van der Waals surface area (Å²) in [6.07, 6.45) is -6.87. The number of rotatable bonds is 8. The van der Waals surface area contributed by atoms with Gasteiger partial charge in [0.05, 0.1) is 28.8 Å². The molecule has 2 amide bonds. The van der Waals surface area contributed by atoms with Gasteiger partial charge in [-0.2, -0.15) is 26.3 Å². The van der Waals surface area contributed by atoms with Crippen LogP contribution in [0.1, 0.15) is 67.7 Å². The van der Waals surface area contributed by atoms with E-state index in [1.807, 2.05) is 30.3 Å². The lowest BCUT2D eigenvalue weighted by molar-refractivity contribution is -0.143. The topological polar surface area (TPSA) is 121 Å². The maximum atomic E-state index is 14.1. The number of hydrogen-bond donors (Lipinski definition) is 2. The van der Waals surface area contributed by atoms with Gasteiger partial charge in [0, 0.05) is 38.2 Å². The number of likely N-dealkylation sites (tertiary alicyclic amines) is 3. The number of nitrogen functional groups attached to an aromatic ring is 1. The normalized spacial score (nSPS) is 19.5. The molecule has 1 atom stereocenters. The van der Waals surface area contributed by atoms with Gasteiger partial charge in [-0.05, 0) is 94.6 Å². The van der Waals surface area contributed by atoms with Crippen molar-refractivity contribution in [1.29, 1.82) is 0 Å². The largest absolute Gasteiger partial charge is 0.418 e. The van der Waals surface area contributed by atoms with Crippen LogP contribution in [0, 0.1) is 17.8 Å². The van der Waals surface area contributed by atoms with Crippen LogP contribution in [0.3, 0.4) is 0 Å². The Balaban J connectivity index is 1.18. The van der Waals surface area contributed by atoms with Gasteiger partial charge in [-0.1, -0.05) is 30.3 Å². The Morgan fingerprint density at radius 2 is 1.36 bits per heavy atom. The molecule has 3 N–H and O–H groups in total. The molecule has 10 nitrogen and oxygen atoms in total. The molecule has 2 aromatic carbocycles. The lowest BCUT2D eigenvalue weighted by atomic mass is 9.78. The fourth-order valence-corrected chi connectivity index (χ4v) is 8.19. The summed E-state index contributed by atoms with van der Waals surface area (Å²) in [6, 6.07) is 9.93. The van der Waals surface area contributed by atoms with E-state index in [2.05, 4.69) is 22.0 Å². The minimum Gasteiger partial charge on any atom is -0.398 e. The van der Waals surface area contributed by atoms with Gasteiger partial charge in [-0.15, -0.1) is 5.10 Å². The molecule has 4 heterocycles. The number of hydrogen-bond acceptors (Lipinski definition) is 6. The molecule has 1 aromatic heterocycles. The van der Waals surface area contributed by atoms with E-state index in [-0.39, 0.29) is 30.4 Å². The quantitative estimate of drug-likeness (QED) is 0.220. The molecule has 0 aliphatic carbocycles. The minimum absolute atomic E-state index is 0.227. The number of aromatic amines is 1. The number of amides is 2. The third-order valence-electron chi connectivity index (χ3n) is 11.2. The molecule has 3 aromatic rings. The molecule has 0 bridgehead atoms. The molecule has 0 unspecified atom stereocenters. The van der Waals surface area contributed by atoms with Crippen molar-refractivity contribution in [2.45, 2.75) is 69.8 Å². The standard InChI is InChI=1S/C37H45F6N7O3/c1-47-13-7-24(8-14-47)25-9-15-49(16-10-25)34(52)27(19-23-20-29(36(38,39)40)32(44)30(21-23)37(41,42)43)22-31(51)48-17-11-28(12-18-48)50-35(53)45-33(46-50)26-5-3-2-4-6-26/h2-6,20-21,24-25,27-28H,7-19,22,44H2,1H3,(H,45,46,53)/t27-/m0/s1. The maximum absolute atomic E-state index is 14.1. The highest BCUT2D eigenvalue weighted by molar-refractivity contribution is 5.86. The third kappa shape index (κ3) is 8.90. The van der Waals surface area contributed by atoms with Crippen LogP contribution in [0.15, 0.2) is 47.3 Å². The molecule has 16 heteroatoms. The van der Waals surface area contributed by atoms with Crippen LogP contribution < -0.4 is 11.4 Å². The summed E-state index contributed by atoms with van der Waals surface area (Å²) in [5, 5.41) is 4.46. The molecule has 53 heavy (non-hydrogen) atoms. The SMILES string of the molecule is CN1CCC(C2CCN(C(=O)[C@H](CC(=O)N3CCC(n4nc(-c5ccccc5)[nH]c4=O)CC3)Cc3cc(C(F)(F)F)c(N)c(C(F)(F)F)c3)CC2)CC1. The molecule has 3 aliphatic rings. The van der Waals surface area contributed by atoms with Gasteiger partial charge >= 0.3 is 18.0 Å². The number of nitrogens with zero attached hydrogens (tertiary/aromatic N) is 5. The molecular formula is C37H45F6N7O3. The van der Waals surface area contributed by atoms with Crippen molar-refractivity contribution in [2.75, 3.05) is 52.0 Å². The molecule has 3 aliphatic heterocycles. The summed E-state index contributed by atoms with van der Waals surface area (Å²) >= 11 is 0. The summed E-state index contributed by atoms with van der Waals surface area (Å²) in [6.45, 7) is 3.26. The molecule has 3 saturated heterocycles. The molecular weight excluding hydrogens is 704 g/mol. The first-order valence-electron chi connectivity index (χ1n) is 18.1. The fraction of sp³-hybridized carbons (Fsp3) is 0.568. The van der Waals surface area contributed by atoms with E-state index in [4.69, 9.17) is 5.73 Å². The van der Waals surface area contributed by atoms with E-state index >= 15 is 0 Å². The Morgan fingerprint density at radius 3 is 1.91 bits per heavy atom. The van der Waals surface area contributed by atoms with Crippen molar-refractivity contribution in [1.82, 2.24) is 29.5 Å². The van der Waals surface area contributed by atoms with Gasteiger partial charge < -0.3 is 20.4 Å². The van der Waals surface area contributed by atoms with Gasteiger partial charge in [-0.25, -0.2) is 9.48 Å². The molecule has 288 valence electrons. The second-order valence-corrected chi connectivity index (χ2v) is 14.7. The van der Waals surface area contributed by atoms with E-state index in [0.29, 0.717) is 55.7 Å². The first-order chi connectivity index (χ1) is 25.1. The lowest BCUT2D eigenvalue weighted by Crippen LogP contribution is -2.46. The Morgan fingerprint density at radius 1 is 0.830 bits per heavy atom. The summed E-state index contributed by atoms with van der Waals surface area (Å²) in [5.41, 5.74) is 0.650. The average molecular weight is 750 g/mol. The fourth-order valence-electron chi connectivity index (χ4n) is 8.19. The van der Waals surface area contributed by atoms with Crippen molar-refractivity contribution in [3.05, 3.63) is 69.6 Å². The van der Waals surface area contributed by atoms with Crippen molar-refractivity contribution in [3.63, 3.8) is 0 Å². The monoisotopic (exact) mass is 749 g/mol. The zero-order chi connectivity index (χ0) is 38.1. The van der Waals surface area contributed by atoms with Crippen LogP contribution in [0.5, 0.6) is 0 Å². The second-order valence-electron chi connectivity index (χ2n) is 14.7. The first-order valence-corrected chi connectivity index (χ1v) is 18.1. The number of halogens is 6. The van der Waals surface area contributed by atoms with Gasteiger partial charge in [0.1, 0.15) is 0 Å². The number of nitrogens with two attached hydrogens (primary N) is 1. The third-order valence-corrected chi connectivity index (χ3v) is 11.2. The number of benzene rings is 2. The predicted molar refractivity (Wildman–Crippen MR) is 185 cm³/mol. The van der Waals surface area contributed by atoms with E-state index in [9.17, 15) is 40.7 Å². The Kier molecular flexibility index (Phi) is 11.3. The van der Waals surface area contributed by atoms with Gasteiger partial charge in [0.25, 0.3) is 0 Å². The highest BCUT2D eigenvalue weighted by Crippen LogP contribution is 2.43. The van der Waals surface area contributed by atoms with Gasteiger partial charge in [0.2, 0.25) is 11.8 Å². The van der Waals surface area contributed by atoms with Gasteiger partial charge in [0.15, 0.2) is 5.82 Å². The van der Waals surface area contributed by atoms with Crippen molar-refractivity contribution >= 4 is 17.5 Å². The molecule has 0 radical (unpaired) electrons. The number of piperidine rings is 3. The van der Waals surface area contributed by atoms with E-state index < -0.39 is 59.7 Å². The number of carbonyl (C=O) groups excluding carboxylic acids is 2. The smallest absolute Gasteiger partial charge is 0.398 e. The Bertz CT molecular complexity index is 1770. The first kappa shape index (κ1) is 38.4. The molecule has 3 fully saturated rings. The summed E-state index contributed by atoms with van der Waals surface area (Å²) in [5.74, 6) is -0.748. The zero-order valence-corrected chi connectivity index (χ0v) is 29.6. The van der Waals surface area contributed by atoms with Crippen molar-refractivity contribution < 1.29 is 35.9 Å². The summed E-state index contributed by atoms with van der Waals surface area (Å²) in [4.78, 5) is 48.8. The van der Waals surface area contributed by atoms with Crippen molar-refractivity contribution in [2.24, 2.45) is 17.8 Å². The highest BCUT2D eigenvalue weighted by atomic mass is 19.4. The minimum atomic E-state index is -5.17. The molecule has 6 rings (SSSR count). The van der Waals surface area contributed by atoms with Crippen LogP contribution in [0.25, 0.3) is 11.4 Å². The number of aromatic nitrogens is 3. The highest BCUT2D eigenvalue weighted by Gasteiger charge is 2.42. The van der Waals surface area contributed by atoms with E-state index in [1.165, 1.54) is 9.58 Å². The number of H-pyrrole nitrogens is 1. The predicted octanol–water partition coefficient (Wildman–Crippen LogP) is 5.85. The molecule has 0 spiro atoms. The van der Waals surface area contributed by atoms with Crippen LogP contribution in [0.4, 0.5) is 32.0 Å². The van der Waals surface area contributed by atoms with Crippen LogP contribution in [-0.2, 0) is 28.4 Å². The Labute approximate surface area is 303 Å². The zero-order valence-electron chi connectivity index (χ0n) is 29.6. The number of anilines is 1. The lowest BCUT2D eigenvalue weighted by Gasteiger charge is -2.40. The van der Waals surface area contributed by atoms with Crippen molar-refractivity contribution in [3.8, 4) is 11.4 Å². The van der Waals surface area contributed by atoms with Crippen LogP contribution in [0.2, 0.25) is 0 Å². The second kappa shape index (κ2) is 15.6.